The van der Waals surface area contributed by atoms with Crippen LogP contribution in [-0.2, 0) is 0 Å². The van der Waals surface area contributed by atoms with Crippen molar-refractivity contribution in [1.82, 2.24) is 15.3 Å². The van der Waals surface area contributed by atoms with E-state index < -0.39 is 11.6 Å². The highest BCUT2D eigenvalue weighted by molar-refractivity contribution is 6.28. The number of carbonyl (C=O) groups excluding carboxylic acids is 1. The van der Waals surface area contributed by atoms with Crippen molar-refractivity contribution >= 4 is 28.6 Å². The number of halogens is 1. The second-order valence-electron chi connectivity index (χ2n) is 7.36. The molecule has 1 N–H and O–H groups in total. The molecule has 0 spiro atoms. The summed E-state index contributed by atoms with van der Waals surface area (Å²) >= 11 is 6.15. The molecule has 0 aliphatic carbocycles. The van der Waals surface area contributed by atoms with Crippen molar-refractivity contribution in [1.29, 1.82) is 0 Å². The maximum atomic E-state index is 12.1. The Bertz CT molecular complexity index is 1060. The number of methoxy groups -OCH3 is 2. The van der Waals surface area contributed by atoms with Crippen molar-refractivity contribution in [3.63, 3.8) is 0 Å². The number of nitrogens with zero attached hydrogens (tertiary/aromatic N) is 2. The predicted octanol–water partition coefficient (Wildman–Crippen LogP) is 4.85. The van der Waals surface area contributed by atoms with E-state index in [1.54, 1.807) is 44.6 Å². The monoisotopic (exact) mass is 415 g/mol. The number of fused-ring (bicyclic) bond motifs is 1. The topological polar surface area (TPSA) is 82.6 Å². The highest BCUT2D eigenvalue weighted by atomic mass is 35.5. The summed E-state index contributed by atoms with van der Waals surface area (Å²) in [5, 5.41) is 3.57. The summed E-state index contributed by atoms with van der Waals surface area (Å²) in [7, 11) is 3.11. The number of rotatable bonds is 4. The number of nitrogens with one attached hydrogen (secondary N) is 1. The molecular formula is C21H22ClN3O4. The number of carbonyl (C=O) groups is 1. The van der Waals surface area contributed by atoms with E-state index in [0.717, 1.165) is 5.39 Å². The van der Waals surface area contributed by atoms with E-state index in [4.69, 9.17) is 25.8 Å². The van der Waals surface area contributed by atoms with E-state index in [1.807, 2.05) is 26.8 Å². The van der Waals surface area contributed by atoms with Gasteiger partial charge in [-0.2, -0.15) is 0 Å². The van der Waals surface area contributed by atoms with E-state index in [1.165, 1.54) is 0 Å². The Morgan fingerprint density at radius 3 is 2.38 bits per heavy atom. The Morgan fingerprint density at radius 1 is 1.03 bits per heavy atom. The lowest BCUT2D eigenvalue weighted by Crippen LogP contribution is -2.42. The molecule has 2 aromatic carbocycles. The van der Waals surface area contributed by atoms with E-state index >= 15 is 0 Å². The van der Waals surface area contributed by atoms with Gasteiger partial charge in [-0.3, -0.25) is 0 Å². The summed E-state index contributed by atoms with van der Waals surface area (Å²) in [4.78, 5) is 20.8. The molecule has 1 amide bonds. The molecule has 0 saturated heterocycles. The maximum absolute atomic E-state index is 12.1. The molecule has 0 saturated carbocycles. The average molecular weight is 416 g/mol. The van der Waals surface area contributed by atoms with Gasteiger partial charge in [-0.25, -0.2) is 14.8 Å². The molecule has 0 atom stereocenters. The van der Waals surface area contributed by atoms with Crippen LogP contribution in [0.2, 0.25) is 5.28 Å². The fourth-order valence-corrected chi connectivity index (χ4v) is 2.97. The van der Waals surface area contributed by atoms with Gasteiger partial charge < -0.3 is 19.5 Å². The molecule has 0 radical (unpaired) electrons. The van der Waals surface area contributed by atoms with Crippen LogP contribution in [0.5, 0.6) is 17.2 Å². The van der Waals surface area contributed by atoms with Crippen LogP contribution < -0.4 is 19.5 Å². The minimum absolute atomic E-state index is 0.0940. The van der Waals surface area contributed by atoms with Crippen LogP contribution in [0.1, 0.15) is 20.8 Å². The molecule has 29 heavy (non-hydrogen) atoms. The van der Waals surface area contributed by atoms with Crippen molar-refractivity contribution < 1.29 is 19.0 Å². The molecule has 7 nitrogen and oxygen atoms in total. The fourth-order valence-electron chi connectivity index (χ4n) is 2.79. The third kappa shape index (κ3) is 4.86. The van der Waals surface area contributed by atoms with Gasteiger partial charge in [-0.1, -0.05) is 12.1 Å². The lowest BCUT2D eigenvalue weighted by atomic mass is 10.1. The first kappa shape index (κ1) is 20.7. The molecular weight excluding hydrogens is 394 g/mol. The number of hydrogen-bond acceptors (Lipinski definition) is 6. The van der Waals surface area contributed by atoms with Gasteiger partial charge in [0.1, 0.15) is 5.75 Å². The molecule has 0 fully saturated rings. The van der Waals surface area contributed by atoms with Gasteiger partial charge in [0.15, 0.2) is 11.5 Å². The quantitative estimate of drug-likeness (QED) is 0.613. The van der Waals surface area contributed by atoms with Gasteiger partial charge in [0, 0.05) is 22.6 Å². The number of aromatic nitrogens is 2. The SMILES string of the molecule is COc1cc2nc(Cl)nc(-c3cccc(OC(=O)NC(C)(C)C)c3)c2cc1OC. The standard InChI is InChI=1S/C21H22ClN3O4/c1-21(2,3)25-20(26)29-13-8-6-7-12(9-13)18-14-10-16(27-4)17(28-5)11-15(14)23-19(22)24-18/h6-11H,1-5H3,(H,25,26). The van der Waals surface area contributed by atoms with Gasteiger partial charge in [0.2, 0.25) is 5.28 Å². The zero-order valence-electron chi connectivity index (χ0n) is 16.9. The average Bonchev–Trinajstić information content (AvgIpc) is 2.64. The highest BCUT2D eigenvalue weighted by Gasteiger charge is 2.17. The number of hydrogen-bond donors (Lipinski definition) is 1. The van der Waals surface area contributed by atoms with Crippen LogP contribution in [0.3, 0.4) is 0 Å². The van der Waals surface area contributed by atoms with Crippen molar-refractivity contribution in [3.05, 3.63) is 41.7 Å². The summed E-state index contributed by atoms with van der Waals surface area (Å²) in [6.45, 7) is 5.63. The summed E-state index contributed by atoms with van der Waals surface area (Å²) in [5.74, 6) is 1.47. The summed E-state index contributed by atoms with van der Waals surface area (Å²) < 4.78 is 16.1. The molecule has 1 aromatic heterocycles. The van der Waals surface area contributed by atoms with Crippen LogP contribution in [0.25, 0.3) is 22.2 Å². The summed E-state index contributed by atoms with van der Waals surface area (Å²) in [5.41, 5.74) is 1.50. The molecule has 1 heterocycles. The number of benzene rings is 2. The Morgan fingerprint density at radius 2 is 1.72 bits per heavy atom. The van der Waals surface area contributed by atoms with E-state index in [2.05, 4.69) is 15.3 Å². The molecule has 152 valence electrons. The number of ether oxygens (including phenoxy) is 3. The molecule has 3 rings (SSSR count). The van der Waals surface area contributed by atoms with Gasteiger partial charge >= 0.3 is 6.09 Å². The molecule has 0 aliphatic rings. The Hall–Kier alpha value is -3.06. The van der Waals surface area contributed by atoms with Crippen LogP contribution in [-0.4, -0.2) is 35.8 Å². The normalized spacial score (nSPS) is 11.2. The van der Waals surface area contributed by atoms with Crippen LogP contribution in [0, 0.1) is 0 Å². The molecule has 8 heteroatoms. The van der Waals surface area contributed by atoms with Crippen LogP contribution >= 0.6 is 11.6 Å². The first-order valence-corrected chi connectivity index (χ1v) is 9.27. The Labute approximate surface area is 174 Å². The van der Waals surface area contributed by atoms with Crippen molar-refractivity contribution in [3.8, 4) is 28.5 Å². The van der Waals surface area contributed by atoms with Crippen molar-refractivity contribution in [2.45, 2.75) is 26.3 Å². The summed E-state index contributed by atoms with van der Waals surface area (Å²) in [6, 6.07) is 10.6. The lowest BCUT2D eigenvalue weighted by molar-refractivity contribution is 0.190. The first-order chi connectivity index (χ1) is 13.7. The first-order valence-electron chi connectivity index (χ1n) is 8.90. The van der Waals surface area contributed by atoms with Gasteiger partial charge in [0.25, 0.3) is 0 Å². The smallest absolute Gasteiger partial charge is 0.413 e. The third-order valence-electron chi connectivity index (χ3n) is 3.97. The largest absolute Gasteiger partial charge is 0.493 e. The maximum Gasteiger partial charge on any atom is 0.413 e. The minimum atomic E-state index is -0.536. The second kappa shape index (κ2) is 8.13. The fraction of sp³-hybridized carbons (Fsp3) is 0.286. The van der Waals surface area contributed by atoms with E-state index in [9.17, 15) is 4.79 Å². The predicted molar refractivity (Wildman–Crippen MR) is 112 cm³/mol. The highest BCUT2D eigenvalue weighted by Crippen LogP contribution is 2.36. The Kier molecular flexibility index (Phi) is 5.79. The Balaban J connectivity index is 2.05. The molecule has 0 unspecified atom stereocenters. The molecule has 3 aromatic rings. The zero-order chi connectivity index (χ0) is 21.2. The van der Waals surface area contributed by atoms with Gasteiger partial charge in [-0.05, 0) is 50.6 Å². The van der Waals surface area contributed by atoms with E-state index in [-0.39, 0.29) is 5.28 Å². The van der Waals surface area contributed by atoms with Gasteiger partial charge in [-0.15, -0.1) is 0 Å². The van der Waals surface area contributed by atoms with Crippen molar-refractivity contribution in [2.24, 2.45) is 0 Å². The minimum Gasteiger partial charge on any atom is -0.493 e. The molecule has 0 aliphatic heterocycles. The van der Waals surface area contributed by atoms with Crippen LogP contribution in [0.15, 0.2) is 36.4 Å². The second-order valence-corrected chi connectivity index (χ2v) is 7.70. The third-order valence-corrected chi connectivity index (χ3v) is 4.14. The zero-order valence-corrected chi connectivity index (χ0v) is 17.6. The molecule has 0 bridgehead atoms. The number of amides is 1. The van der Waals surface area contributed by atoms with E-state index in [0.29, 0.717) is 34.0 Å². The van der Waals surface area contributed by atoms with Crippen molar-refractivity contribution in [2.75, 3.05) is 14.2 Å². The lowest BCUT2D eigenvalue weighted by Gasteiger charge is -2.20. The summed E-state index contributed by atoms with van der Waals surface area (Å²) in [6.07, 6.45) is -0.536. The van der Waals surface area contributed by atoms with Crippen LogP contribution in [0.4, 0.5) is 4.79 Å². The van der Waals surface area contributed by atoms with Gasteiger partial charge in [0.05, 0.1) is 25.4 Å².